The fraction of sp³-hybridized carbons (Fsp3) is 0.969. The molecule has 0 aromatic carbocycles. The van der Waals surface area contributed by atoms with Crippen molar-refractivity contribution in [3.8, 4) is 0 Å². The van der Waals surface area contributed by atoms with E-state index in [1.54, 1.807) is 0 Å². The lowest BCUT2D eigenvalue weighted by molar-refractivity contribution is -0.154. The second kappa shape index (κ2) is 26.3. The highest BCUT2D eigenvalue weighted by Crippen LogP contribution is 2.27. The lowest BCUT2D eigenvalue weighted by atomic mass is 9.85. The Kier molecular flexibility index (Phi) is 25.8. The van der Waals surface area contributed by atoms with Gasteiger partial charge in [0.05, 0.1) is 18.6 Å². The van der Waals surface area contributed by atoms with Gasteiger partial charge in [-0.25, -0.2) is 4.18 Å². The molecule has 0 aliphatic carbocycles. The molecule has 0 bridgehead atoms. The molecular formula is C32H64O6S. The zero-order valence-corrected chi connectivity index (χ0v) is 26.9. The summed E-state index contributed by atoms with van der Waals surface area (Å²) >= 11 is 0. The molecule has 0 heterocycles. The summed E-state index contributed by atoms with van der Waals surface area (Å²) in [6.07, 6.45) is 27.2. The van der Waals surface area contributed by atoms with Gasteiger partial charge in [-0.1, -0.05) is 156 Å². The standard InChI is InChI=1S/C32H64O6S/c1-5-7-9-11-13-15-16-17-18-19-20-22-24-26-28-37-32(33)31(30(4)38-39(34,35)36)29(3)27-25-23-21-14-12-10-8-6-2/h29-31H,5-28H2,1-4H3,(H,34,35,36). The van der Waals surface area contributed by atoms with Crippen LogP contribution in [0.1, 0.15) is 175 Å². The zero-order chi connectivity index (χ0) is 29.2. The fourth-order valence-corrected chi connectivity index (χ4v) is 5.99. The molecule has 0 aromatic rings. The molecule has 0 amide bonds. The number of unbranched alkanes of at least 4 members (excludes halogenated alkanes) is 20. The van der Waals surface area contributed by atoms with Crippen LogP contribution in [0.15, 0.2) is 0 Å². The van der Waals surface area contributed by atoms with Gasteiger partial charge in [-0.3, -0.25) is 9.35 Å². The van der Waals surface area contributed by atoms with Crippen molar-refractivity contribution in [1.29, 1.82) is 0 Å². The third-order valence-electron chi connectivity index (χ3n) is 7.92. The summed E-state index contributed by atoms with van der Waals surface area (Å²) in [4.78, 5) is 12.9. The summed E-state index contributed by atoms with van der Waals surface area (Å²) in [7, 11) is -4.63. The van der Waals surface area contributed by atoms with Gasteiger partial charge < -0.3 is 4.74 Å². The quantitative estimate of drug-likeness (QED) is 0.0541. The Morgan fingerprint density at radius 2 is 0.974 bits per heavy atom. The summed E-state index contributed by atoms with van der Waals surface area (Å²) in [5.74, 6) is -1.23. The van der Waals surface area contributed by atoms with E-state index >= 15 is 0 Å². The van der Waals surface area contributed by atoms with Crippen molar-refractivity contribution in [2.45, 2.75) is 181 Å². The second-order valence-electron chi connectivity index (χ2n) is 11.8. The van der Waals surface area contributed by atoms with E-state index in [1.165, 1.54) is 116 Å². The van der Waals surface area contributed by atoms with E-state index in [1.807, 2.05) is 6.92 Å². The number of carbonyl (C=O) groups is 1. The van der Waals surface area contributed by atoms with Crippen LogP contribution in [0.25, 0.3) is 0 Å². The predicted octanol–water partition coefficient (Wildman–Crippen LogP) is 10.0. The van der Waals surface area contributed by atoms with Crippen LogP contribution in [0.3, 0.4) is 0 Å². The molecule has 0 aliphatic rings. The van der Waals surface area contributed by atoms with Crippen LogP contribution < -0.4 is 0 Å². The topological polar surface area (TPSA) is 89.9 Å². The zero-order valence-electron chi connectivity index (χ0n) is 26.1. The van der Waals surface area contributed by atoms with Gasteiger partial charge in [-0.15, -0.1) is 0 Å². The highest BCUT2D eigenvalue weighted by Gasteiger charge is 2.34. The smallest absolute Gasteiger partial charge is 0.397 e. The highest BCUT2D eigenvalue weighted by atomic mass is 32.3. The molecule has 3 unspecified atom stereocenters. The first-order valence-electron chi connectivity index (χ1n) is 16.5. The van der Waals surface area contributed by atoms with Gasteiger partial charge in [0.15, 0.2) is 0 Å². The first kappa shape index (κ1) is 38.3. The number of ether oxygens (including phenoxy) is 1. The summed E-state index contributed by atoms with van der Waals surface area (Å²) in [6, 6.07) is 0. The maximum atomic E-state index is 12.9. The molecule has 0 fully saturated rings. The number of carbonyl (C=O) groups excluding carboxylic acids is 1. The molecule has 0 spiro atoms. The first-order valence-corrected chi connectivity index (χ1v) is 17.9. The van der Waals surface area contributed by atoms with Crippen LogP contribution in [-0.2, 0) is 24.1 Å². The van der Waals surface area contributed by atoms with E-state index in [0.29, 0.717) is 6.61 Å². The molecule has 0 radical (unpaired) electrons. The molecule has 0 aliphatic heterocycles. The van der Waals surface area contributed by atoms with Crippen molar-refractivity contribution in [1.82, 2.24) is 0 Å². The maximum Gasteiger partial charge on any atom is 0.397 e. The molecule has 0 saturated carbocycles. The summed E-state index contributed by atoms with van der Waals surface area (Å²) < 4.78 is 42.1. The normalized spacial score (nSPS) is 14.3. The van der Waals surface area contributed by atoms with Crippen molar-refractivity contribution < 1.29 is 26.7 Å². The molecule has 3 atom stereocenters. The Balaban J connectivity index is 4.15. The number of hydrogen-bond acceptors (Lipinski definition) is 5. The van der Waals surface area contributed by atoms with Gasteiger partial charge in [-0.2, -0.15) is 8.42 Å². The molecule has 1 N–H and O–H groups in total. The Hall–Kier alpha value is -0.660. The van der Waals surface area contributed by atoms with Crippen molar-refractivity contribution in [3.63, 3.8) is 0 Å². The van der Waals surface area contributed by atoms with Crippen LogP contribution in [0.4, 0.5) is 0 Å². The fourth-order valence-electron chi connectivity index (χ4n) is 5.48. The molecule has 0 saturated heterocycles. The van der Waals surface area contributed by atoms with Gasteiger partial charge in [0, 0.05) is 0 Å². The number of rotatable bonds is 29. The van der Waals surface area contributed by atoms with Crippen molar-refractivity contribution >= 4 is 16.4 Å². The van der Waals surface area contributed by atoms with Crippen LogP contribution in [0.5, 0.6) is 0 Å². The second-order valence-corrected chi connectivity index (χ2v) is 12.8. The third kappa shape index (κ3) is 24.8. The molecule has 0 rings (SSSR count). The van der Waals surface area contributed by atoms with Gasteiger partial charge in [0.2, 0.25) is 0 Å². The lowest BCUT2D eigenvalue weighted by Gasteiger charge is -2.27. The third-order valence-corrected chi connectivity index (χ3v) is 8.47. The Labute approximate surface area is 242 Å². The minimum atomic E-state index is -4.63. The van der Waals surface area contributed by atoms with Crippen LogP contribution in [0.2, 0.25) is 0 Å². The van der Waals surface area contributed by atoms with E-state index in [9.17, 15) is 13.2 Å². The van der Waals surface area contributed by atoms with E-state index in [-0.39, 0.29) is 5.92 Å². The summed E-state index contributed by atoms with van der Waals surface area (Å²) in [5.41, 5.74) is 0. The average molecular weight is 577 g/mol. The van der Waals surface area contributed by atoms with Crippen LogP contribution >= 0.6 is 0 Å². The highest BCUT2D eigenvalue weighted by molar-refractivity contribution is 7.80. The predicted molar refractivity (Wildman–Crippen MR) is 163 cm³/mol. The Morgan fingerprint density at radius 1 is 0.615 bits per heavy atom. The number of esters is 1. The minimum Gasteiger partial charge on any atom is -0.465 e. The van der Waals surface area contributed by atoms with Gasteiger partial charge >= 0.3 is 16.4 Å². The molecular weight excluding hydrogens is 512 g/mol. The molecule has 6 nitrogen and oxygen atoms in total. The molecule has 7 heteroatoms. The van der Waals surface area contributed by atoms with Crippen LogP contribution in [0, 0.1) is 11.8 Å². The van der Waals surface area contributed by atoms with E-state index < -0.39 is 28.4 Å². The monoisotopic (exact) mass is 576 g/mol. The van der Waals surface area contributed by atoms with Crippen molar-refractivity contribution in [3.05, 3.63) is 0 Å². The molecule has 0 aromatic heterocycles. The largest absolute Gasteiger partial charge is 0.465 e. The van der Waals surface area contributed by atoms with Crippen molar-refractivity contribution in [2.24, 2.45) is 11.8 Å². The Morgan fingerprint density at radius 3 is 1.36 bits per heavy atom. The van der Waals surface area contributed by atoms with Gasteiger partial charge in [0.25, 0.3) is 0 Å². The summed E-state index contributed by atoms with van der Waals surface area (Å²) in [5, 5.41) is 0. The van der Waals surface area contributed by atoms with Gasteiger partial charge in [0.1, 0.15) is 0 Å². The lowest BCUT2D eigenvalue weighted by Crippen LogP contribution is -2.36. The van der Waals surface area contributed by atoms with E-state index in [4.69, 9.17) is 13.5 Å². The van der Waals surface area contributed by atoms with Crippen LogP contribution in [-0.4, -0.2) is 31.7 Å². The first-order chi connectivity index (χ1) is 18.7. The maximum absolute atomic E-state index is 12.9. The minimum absolute atomic E-state index is 0.0920. The SMILES string of the molecule is CCCCCCCCCCCCCCCCOC(=O)C(C(C)CCCCCCCCCC)C(C)OS(=O)(=O)O. The summed E-state index contributed by atoms with van der Waals surface area (Å²) in [6.45, 7) is 8.29. The Bertz CT molecular complexity index is 651. The average Bonchev–Trinajstić information content (AvgIpc) is 2.87. The van der Waals surface area contributed by atoms with Gasteiger partial charge in [-0.05, 0) is 25.7 Å². The van der Waals surface area contributed by atoms with Crippen molar-refractivity contribution in [2.75, 3.05) is 6.61 Å². The molecule has 39 heavy (non-hydrogen) atoms. The molecule has 234 valence electrons. The van der Waals surface area contributed by atoms with E-state index in [2.05, 4.69) is 13.8 Å². The number of hydrogen-bond donors (Lipinski definition) is 1. The van der Waals surface area contributed by atoms with E-state index in [0.717, 1.165) is 38.5 Å².